The Bertz CT molecular complexity index is 1880. The number of H-pyrrole nitrogens is 1. The molecule has 0 aliphatic carbocycles. The third-order valence-corrected chi connectivity index (χ3v) is 9.66. The van der Waals surface area contributed by atoms with E-state index in [0.717, 1.165) is 9.47 Å². The molecule has 41 heavy (non-hydrogen) atoms. The number of sulfonamides is 1. The highest BCUT2D eigenvalue weighted by Gasteiger charge is 2.38. The van der Waals surface area contributed by atoms with Gasteiger partial charge in [0, 0.05) is 29.4 Å². The molecule has 2 aromatic carbocycles. The first-order valence-corrected chi connectivity index (χ1v) is 14.6. The van der Waals surface area contributed by atoms with Crippen LogP contribution in [0.5, 0.6) is 0 Å². The maximum atomic E-state index is 13.6. The first-order valence-electron chi connectivity index (χ1n) is 12.4. The number of piperazine rings is 1. The molecule has 4 aromatic rings. The van der Waals surface area contributed by atoms with Gasteiger partial charge in [-0.2, -0.15) is 8.42 Å². The summed E-state index contributed by atoms with van der Waals surface area (Å²) in [5, 5.41) is 0. The van der Waals surface area contributed by atoms with E-state index in [1.165, 1.54) is 13.1 Å². The molecule has 0 saturated carbocycles. The fourth-order valence-corrected chi connectivity index (χ4v) is 7.04. The van der Waals surface area contributed by atoms with Crippen LogP contribution >= 0.6 is 11.3 Å². The SMILES string of the molecule is Cc1cn(CC(=O)N2CCN(S(=O)(=O)c3nc(-c4ccccc4)c(C(=O)c4ccccc4)s3)C(=O)C2)c(=O)[nH]c1=O. The number of carbonyl (C=O) groups is 3. The smallest absolute Gasteiger partial charge is 0.328 e. The summed E-state index contributed by atoms with van der Waals surface area (Å²) in [7, 11) is -4.46. The second-order valence-electron chi connectivity index (χ2n) is 9.20. The van der Waals surface area contributed by atoms with E-state index >= 15 is 0 Å². The normalized spacial score (nSPS) is 13.8. The van der Waals surface area contributed by atoms with Gasteiger partial charge in [0.05, 0.1) is 12.2 Å². The molecule has 1 N–H and O–H groups in total. The summed E-state index contributed by atoms with van der Waals surface area (Å²) in [6.07, 6.45) is 1.24. The van der Waals surface area contributed by atoms with Crippen molar-refractivity contribution in [2.24, 2.45) is 0 Å². The van der Waals surface area contributed by atoms with Crippen LogP contribution in [0.2, 0.25) is 0 Å². The highest BCUT2D eigenvalue weighted by molar-refractivity contribution is 7.91. The monoisotopic (exact) mass is 593 g/mol. The van der Waals surface area contributed by atoms with E-state index in [9.17, 15) is 32.4 Å². The minimum Gasteiger partial charge on any atom is -0.330 e. The average molecular weight is 594 g/mol. The Balaban J connectivity index is 1.40. The minimum absolute atomic E-state index is 0.115. The number of carbonyl (C=O) groups excluding carboxylic acids is 3. The lowest BCUT2D eigenvalue weighted by Gasteiger charge is -2.33. The molecular formula is C27H23N5O7S2. The predicted octanol–water partition coefficient (Wildman–Crippen LogP) is 1.26. The molecule has 0 spiro atoms. The summed E-state index contributed by atoms with van der Waals surface area (Å²) >= 11 is 0.683. The molecule has 2 aromatic heterocycles. The van der Waals surface area contributed by atoms with E-state index in [2.05, 4.69) is 9.97 Å². The van der Waals surface area contributed by atoms with Crippen molar-refractivity contribution in [3.8, 4) is 11.3 Å². The van der Waals surface area contributed by atoms with Crippen molar-refractivity contribution in [3.05, 3.63) is 104 Å². The highest BCUT2D eigenvalue weighted by Crippen LogP contribution is 2.34. The number of thiazole rings is 1. The second kappa shape index (κ2) is 11.1. The van der Waals surface area contributed by atoms with E-state index in [0.29, 0.717) is 26.8 Å². The zero-order valence-corrected chi connectivity index (χ0v) is 23.3. The summed E-state index contributed by atoms with van der Waals surface area (Å²) < 4.78 is 28.4. The number of aromatic nitrogens is 3. The van der Waals surface area contributed by atoms with Crippen molar-refractivity contribution in [2.75, 3.05) is 19.6 Å². The van der Waals surface area contributed by atoms with E-state index in [1.807, 2.05) is 0 Å². The number of rotatable bonds is 7. The summed E-state index contributed by atoms with van der Waals surface area (Å²) in [5.74, 6) is -1.86. The maximum absolute atomic E-state index is 13.6. The Morgan fingerprint density at radius 3 is 2.29 bits per heavy atom. The molecule has 0 atom stereocenters. The first kappa shape index (κ1) is 27.9. The van der Waals surface area contributed by atoms with Crippen LogP contribution in [0.25, 0.3) is 11.3 Å². The molecule has 12 nitrogen and oxygen atoms in total. The van der Waals surface area contributed by atoms with Gasteiger partial charge in [-0.3, -0.25) is 28.7 Å². The lowest BCUT2D eigenvalue weighted by Crippen LogP contribution is -2.54. The number of aromatic amines is 1. The van der Waals surface area contributed by atoms with E-state index in [1.54, 1.807) is 60.7 Å². The second-order valence-corrected chi connectivity index (χ2v) is 12.2. The van der Waals surface area contributed by atoms with Gasteiger partial charge in [0.1, 0.15) is 18.0 Å². The van der Waals surface area contributed by atoms with Crippen LogP contribution in [0.1, 0.15) is 20.8 Å². The molecule has 3 heterocycles. The van der Waals surface area contributed by atoms with Crippen molar-refractivity contribution in [2.45, 2.75) is 17.8 Å². The molecule has 5 rings (SSSR count). The number of benzene rings is 2. The number of ketones is 1. The molecule has 1 saturated heterocycles. The van der Waals surface area contributed by atoms with Crippen LogP contribution in [0, 0.1) is 6.92 Å². The fourth-order valence-electron chi connectivity index (χ4n) is 4.28. The van der Waals surface area contributed by atoms with E-state index < -0.39 is 56.3 Å². The third-order valence-electron chi connectivity index (χ3n) is 6.43. The summed E-state index contributed by atoms with van der Waals surface area (Å²) in [6.45, 7) is 0.0472. The standard InChI is InChI=1S/C27H23N5O7S2/c1-17-14-31(26(37)29-25(17)36)15-20(33)30-12-13-32(21(34)16-30)41(38,39)27-28-22(18-8-4-2-5-9-18)24(40-27)23(35)19-10-6-3-7-11-19/h2-11,14H,12-13,15-16H2,1H3,(H,29,36,37). The molecule has 210 valence electrons. The Morgan fingerprint density at radius 2 is 1.63 bits per heavy atom. The molecule has 0 radical (unpaired) electrons. The van der Waals surface area contributed by atoms with Crippen LogP contribution in [-0.4, -0.2) is 69.4 Å². The Labute approximate surface area is 237 Å². The van der Waals surface area contributed by atoms with Crippen LogP contribution in [-0.2, 0) is 26.2 Å². The van der Waals surface area contributed by atoms with Crippen molar-refractivity contribution in [1.29, 1.82) is 0 Å². The highest BCUT2D eigenvalue weighted by atomic mass is 32.2. The Hall–Kier alpha value is -4.69. The molecule has 1 aliphatic rings. The van der Waals surface area contributed by atoms with Gasteiger partial charge >= 0.3 is 5.69 Å². The van der Waals surface area contributed by atoms with E-state index in [4.69, 9.17) is 0 Å². The molecule has 0 bridgehead atoms. The van der Waals surface area contributed by atoms with Gasteiger partial charge in [0.25, 0.3) is 21.5 Å². The zero-order chi connectivity index (χ0) is 29.3. The quantitative estimate of drug-likeness (QED) is 0.314. The van der Waals surface area contributed by atoms with E-state index in [-0.39, 0.29) is 29.2 Å². The van der Waals surface area contributed by atoms with Gasteiger partial charge in [-0.05, 0) is 6.92 Å². The minimum atomic E-state index is -4.46. The molecule has 2 amide bonds. The van der Waals surface area contributed by atoms with Gasteiger partial charge in [-0.25, -0.2) is 14.1 Å². The summed E-state index contributed by atoms with van der Waals surface area (Å²) in [4.78, 5) is 70.5. The van der Waals surface area contributed by atoms with Gasteiger partial charge in [-0.1, -0.05) is 72.0 Å². The van der Waals surface area contributed by atoms with Crippen LogP contribution in [0.3, 0.4) is 0 Å². The van der Waals surface area contributed by atoms with Crippen LogP contribution < -0.4 is 11.2 Å². The number of aryl methyl sites for hydroxylation is 1. The number of hydrogen-bond acceptors (Lipinski definition) is 9. The predicted molar refractivity (Wildman–Crippen MR) is 149 cm³/mol. The van der Waals surface area contributed by atoms with Crippen molar-refractivity contribution in [1.82, 2.24) is 23.7 Å². The average Bonchev–Trinajstić information content (AvgIpc) is 3.43. The Morgan fingerprint density at radius 1 is 0.976 bits per heavy atom. The largest absolute Gasteiger partial charge is 0.330 e. The van der Waals surface area contributed by atoms with Gasteiger partial charge in [0.15, 0.2) is 0 Å². The lowest BCUT2D eigenvalue weighted by atomic mass is 10.1. The first-order chi connectivity index (χ1) is 19.6. The fraction of sp³-hybridized carbons (Fsp3) is 0.185. The van der Waals surface area contributed by atoms with Crippen molar-refractivity contribution in [3.63, 3.8) is 0 Å². The van der Waals surface area contributed by atoms with Gasteiger partial charge in [0.2, 0.25) is 16.0 Å². The molecular weight excluding hydrogens is 570 g/mol. The topological polar surface area (TPSA) is 160 Å². The molecule has 0 unspecified atom stereocenters. The third kappa shape index (κ3) is 5.51. The summed E-state index contributed by atoms with van der Waals surface area (Å²) in [6, 6.07) is 17.1. The number of amides is 2. The number of nitrogens with one attached hydrogen (secondary N) is 1. The summed E-state index contributed by atoms with van der Waals surface area (Å²) in [5.41, 5.74) is -0.0331. The number of nitrogens with zero attached hydrogens (tertiary/aromatic N) is 4. The van der Waals surface area contributed by atoms with Crippen molar-refractivity contribution < 1.29 is 22.8 Å². The molecule has 1 aliphatic heterocycles. The van der Waals surface area contributed by atoms with Crippen LogP contribution in [0.4, 0.5) is 0 Å². The lowest BCUT2D eigenvalue weighted by molar-refractivity contribution is -0.142. The number of hydrogen-bond donors (Lipinski definition) is 1. The van der Waals surface area contributed by atoms with Crippen molar-refractivity contribution >= 4 is 39.0 Å². The Kier molecular flexibility index (Phi) is 7.51. The van der Waals surface area contributed by atoms with Gasteiger partial charge < -0.3 is 4.90 Å². The van der Waals surface area contributed by atoms with Crippen LogP contribution in [0.15, 0.2) is 80.8 Å². The molecule has 14 heteroatoms. The van der Waals surface area contributed by atoms with Gasteiger partial charge in [-0.15, -0.1) is 0 Å². The zero-order valence-electron chi connectivity index (χ0n) is 21.6. The molecule has 1 fully saturated rings. The maximum Gasteiger partial charge on any atom is 0.328 e.